The van der Waals surface area contributed by atoms with E-state index in [1.165, 1.54) is 38.5 Å². The number of hydrogen-bond acceptors (Lipinski definition) is 2. The van der Waals surface area contributed by atoms with Crippen molar-refractivity contribution in [2.75, 3.05) is 13.1 Å². The minimum Gasteiger partial charge on any atom is -0.353 e. The summed E-state index contributed by atoms with van der Waals surface area (Å²) >= 11 is 0. The van der Waals surface area contributed by atoms with E-state index >= 15 is 0 Å². The summed E-state index contributed by atoms with van der Waals surface area (Å²) in [5.41, 5.74) is -0.270. The van der Waals surface area contributed by atoms with Crippen LogP contribution in [0, 0.1) is 35.0 Å². The van der Waals surface area contributed by atoms with Crippen LogP contribution in [0.15, 0.2) is 0 Å². The SMILES string of the molecule is C[C@@H]1CCCN(C(=O)CC(C)(C)CC(=O)NC2C3CC4CC(C3)CC2C4)C1. The standard InChI is InChI=1S/C23H38N2O2/c1-15-5-4-6-25(14-15)21(27)13-23(2,3)12-20(26)24-22-18-8-16-7-17(10-18)11-19(22)9-16/h15-19,22H,4-14H2,1-3H3,(H,24,26)/t15-,16?,17?,18?,19?,22?/m1/s1. The first-order chi connectivity index (χ1) is 12.8. The van der Waals surface area contributed by atoms with Crippen molar-refractivity contribution in [1.82, 2.24) is 10.2 Å². The van der Waals surface area contributed by atoms with Crippen molar-refractivity contribution >= 4 is 11.8 Å². The molecular weight excluding hydrogens is 336 g/mol. The summed E-state index contributed by atoms with van der Waals surface area (Å²) in [4.78, 5) is 27.6. The molecule has 1 saturated heterocycles. The Morgan fingerprint density at radius 1 is 1.00 bits per heavy atom. The quantitative estimate of drug-likeness (QED) is 0.791. The smallest absolute Gasteiger partial charge is 0.223 e. The van der Waals surface area contributed by atoms with E-state index in [1.54, 1.807) is 0 Å². The Kier molecular flexibility index (Phi) is 5.28. The van der Waals surface area contributed by atoms with Crippen LogP contribution in [0.2, 0.25) is 0 Å². The van der Waals surface area contributed by atoms with Crippen LogP contribution in [0.4, 0.5) is 0 Å². The monoisotopic (exact) mass is 374 g/mol. The molecule has 152 valence electrons. The highest BCUT2D eigenvalue weighted by atomic mass is 16.2. The van der Waals surface area contributed by atoms with E-state index in [4.69, 9.17) is 0 Å². The molecule has 27 heavy (non-hydrogen) atoms. The van der Waals surface area contributed by atoms with Gasteiger partial charge in [-0.15, -0.1) is 0 Å². The van der Waals surface area contributed by atoms with E-state index in [-0.39, 0.29) is 17.2 Å². The van der Waals surface area contributed by atoms with Crippen LogP contribution in [0.5, 0.6) is 0 Å². The van der Waals surface area contributed by atoms with E-state index in [1.807, 2.05) is 4.90 Å². The predicted octanol–water partition coefficient (Wildman–Crippen LogP) is 3.99. The van der Waals surface area contributed by atoms with Crippen LogP contribution in [0.1, 0.15) is 78.6 Å². The van der Waals surface area contributed by atoms with Gasteiger partial charge >= 0.3 is 0 Å². The van der Waals surface area contributed by atoms with E-state index in [0.29, 0.717) is 36.6 Å². The molecule has 1 N–H and O–H groups in total. The molecule has 0 aromatic rings. The van der Waals surface area contributed by atoms with Gasteiger partial charge in [0.05, 0.1) is 0 Å². The molecule has 2 amide bonds. The summed E-state index contributed by atoms with van der Waals surface area (Å²) in [6, 6.07) is 0.403. The lowest BCUT2D eigenvalue weighted by molar-refractivity contribution is -0.136. The van der Waals surface area contributed by atoms with Crippen LogP contribution in [0.3, 0.4) is 0 Å². The molecule has 1 atom stereocenters. The number of carbonyl (C=O) groups is 2. The topological polar surface area (TPSA) is 49.4 Å². The summed E-state index contributed by atoms with van der Waals surface area (Å²) in [7, 11) is 0. The molecule has 0 unspecified atom stereocenters. The highest BCUT2D eigenvalue weighted by Gasteiger charge is 2.48. The number of piperidine rings is 1. The van der Waals surface area contributed by atoms with Crippen molar-refractivity contribution in [1.29, 1.82) is 0 Å². The summed E-state index contributed by atoms with van der Waals surface area (Å²) in [6.07, 6.45) is 10.0. The van der Waals surface area contributed by atoms with Crippen LogP contribution in [-0.2, 0) is 9.59 Å². The first-order valence-electron chi connectivity index (χ1n) is 11.4. The van der Waals surface area contributed by atoms with Crippen molar-refractivity contribution in [3.05, 3.63) is 0 Å². The molecule has 4 aliphatic carbocycles. The Morgan fingerprint density at radius 2 is 1.63 bits per heavy atom. The third-order valence-corrected chi connectivity index (χ3v) is 7.83. The molecule has 0 spiro atoms. The number of nitrogens with zero attached hydrogens (tertiary/aromatic N) is 1. The second-order valence-electron chi connectivity index (χ2n) is 11.1. The molecule has 4 bridgehead atoms. The largest absolute Gasteiger partial charge is 0.353 e. The van der Waals surface area contributed by atoms with Crippen LogP contribution >= 0.6 is 0 Å². The summed E-state index contributed by atoms with van der Waals surface area (Å²) in [6.45, 7) is 8.15. The van der Waals surface area contributed by atoms with Gasteiger partial charge in [0, 0.05) is 32.0 Å². The van der Waals surface area contributed by atoms with Crippen molar-refractivity contribution in [3.8, 4) is 0 Å². The van der Waals surface area contributed by atoms with Crippen LogP contribution in [-0.4, -0.2) is 35.8 Å². The number of carbonyl (C=O) groups excluding carboxylic acids is 2. The lowest BCUT2D eigenvalue weighted by Gasteiger charge is -2.54. The zero-order valence-electron chi connectivity index (χ0n) is 17.5. The molecule has 5 aliphatic rings. The highest BCUT2D eigenvalue weighted by Crippen LogP contribution is 2.53. The van der Waals surface area contributed by atoms with E-state index in [9.17, 15) is 9.59 Å². The second kappa shape index (κ2) is 7.40. The molecule has 5 rings (SSSR count). The fourth-order valence-corrected chi connectivity index (χ4v) is 6.83. The molecule has 4 saturated carbocycles. The first-order valence-corrected chi connectivity index (χ1v) is 11.4. The molecule has 4 nitrogen and oxygen atoms in total. The summed E-state index contributed by atoms with van der Waals surface area (Å²) < 4.78 is 0. The molecule has 4 heteroatoms. The molecule has 5 fully saturated rings. The van der Waals surface area contributed by atoms with Crippen molar-refractivity contribution < 1.29 is 9.59 Å². The van der Waals surface area contributed by atoms with Gasteiger partial charge in [-0.25, -0.2) is 0 Å². The van der Waals surface area contributed by atoms with E-state index in [2.05, 4.69) is 26.1 Å². The zero-order chi connectivity index (χ0) is 19.2. The summed E-state index contributed by atoms with van der Waals surface area (Å²) in [5, 5.41) is 3.41. The van der Waals surface area contributed by atoms with Gasteiger partial charge in [0.1, 0.15) is 0 Å². The lowest BCUT2D eigenvalue weighted by Crippen LogP contribution is -2.56. The minimum absolute atomic E-state index is 0.164. The maximum absolute atomic E-state index is 12.8. The van der Waals surface area contributed by atoms with Crippen LogP contribution < -0.4 is 5.32 Å². The Morgan fingerprint density at radius 3 is 2.22 bits per heavy atom. The predicted molar refractivity (Wildman–Crippen MR) is 107 cm³/mol. The second-order valence-corrected chi connectivity index (χ2v) is 11.1. The Bertz CT molecular complexity index is 557. The molecular formula is C23H38N2O2. The number of hydrogen-bond donors (Lipinski definition) is 1. The molecule has 1 heterocycles. The van der Waals surface area contributed by atoms with Gasteiger partial charge < -0.3 is 10.2 Å². The van der Waals surface area contributed by atoms with Gasteiger partial charge in [0.25, 0.3) is 0 Å². The number of likely N-dealkylation sites (tertiary alicyclic amines) is 1. The zero-order valence-corrected chi connectivity index (χ0v) is 17.5. The third-order valence-electron chi connectivity index (χ3n) is 7.83. The van der Waals surface area contributed by atoms with Crippen molar-refractivity contribution in [3.63, 3.8) is 0 Å². The Hall–Kier alpha value is -1.06. The van der Waals surface area contributed by atoms with Gasteiger partial charge in [-0.05, 0) is 80.0 Å². The molecule has 0 aromatic carbocycles. The van der Waals surface area contributed by atoms with Gasteiger partial charge in [-0.2, -0.15) is 0 Å². The average Bonchev–Trinajstić information content (AvgIpc) is 2.56. The maximum Gasteiger partial charge on any atom is 0.223 e. The maximum atomic E-state index is 12.8. The van der Waals surface area contributed by atoms with E-state index < -0.39 is 0 Å². The van der Waals surface area contributed by atoms with Crippen LogP contribution in [0.25, 0.3) is 0 Å². The molecule has 0 radical (unpaired) electrons. The van der Waals surface area contributed by atoms with E-state index in [0.717, 1.165) is 31.3 Å². The fourth-order valence-electron chi connectivity index (χ4n) is 6.83. The third kappa shape index (κ3) is 4.35. The molecule has 0 aromatic heterocycles. The average molecular weight is 375 g/mol. The number of amides is 2. The van der Waals surface area contributed by atoms with Crippen molar-refractivity contribution in [2.24, 2.45) is 35.0 Å². The fraction of sp³-hybridized carbons (Fsp3) is 0.913. The number of rotatable bonds is 5. The van der Waals surface area contributed by atoms with Gasteiger partial charge in [0.2, 0.25) is 11.8 Å². The summed E-state index contributed by atoms with van der Waals surface area (Å²) in [5.74, 6) is 4.29. The normalized spacial score (nSPS) is 38.1. The Balaban J connectivity index is 1.28. The lowest BCUT2D eigenvalue weighted by atomic mass is 9.54. The van der Waals surface area contributed by atoms with Gasteiger partial charge in [0.15, 0.2) is 0 Å². The number of nitrogens with one attached hydrogen (secondary N) is 1. The first kappa shape index (κ1) is 19.3. The minimum atomic E-state index is -0.270. The van der Waals surface area contributed by atoms with Gasteiger partial charge in [-0.3, -0.25) is 9.59 Å². The van der Waals surface area contributed by atoms with Crippen molar-refractivity contribution in [2.45, 2.75) is 84.6 Å². The molecule has 1 aliphatic heterocycles. The highest BCUT2D eigenvalue weighted by molar-refractivity contribution is 5.80. The Labute approximate surface area is 164 Å². The van der Waals surface area contributed by atoms with Gasteiger partial charge in [-0.1, -0.05) is 20.8 Å².